The van der Waals surface area contributed by atoms with Gasteiger partial charge in [0, 0.05) is 16.5 Å². The van der Waals surface area contributed by atoms with E-state index < -0.39 is 0 Å². The fourth-order valence-corrected chi connectivity index (χ4v) is 2.87. The lowest BCUT2D eigenvalue weighted by atomic mass is 10.2. The van der Waals surface area contributed by atoms with Crippen molar-refractivity contribution < 1.29 is 14.6 Å². The summed E-state index contributed by atoms with van der Waals surface area (Å²) in [7, 11) is 3.04. The third-order valence-electron chi connectivity index (χ3n) is 4.27. The number of nitrogens with zero attached hydrogens (tertiary/aromatic N) is 3. The van der Waals surface area contributed by atoms with E-state index in [1.54, 1.807) is 31.4 Å². The van der Waals surface area contributed by atoms with E-state index in [-0.39, 0.29) is 11.3 Å². The van der Waals surface area contributed by atoms with Crippen molar-refractivity contribution in [2.24, 2.45) is 5.10 Å². The molecule has 0 radical (unpaired) electrons. The zero-order chi connectivity index (χ0) is 19.0. The summed E-state index contributed by atoms with van der Waals surface area (Å²) in [5.74, 6) is 0.953. The number of aromatic amines is 1. The van der Waals surface area contributed by atoms with Crippen molar-refractivity contribution in [3.05, 3.63) is 58.6 Å². The van der Waals surface area contributed by atoms with Crippen LogP contribution in [0.1, 0.15) is 5.56 Å². The molecule has 0 aliphatic carbocycles. The maximum Gasteiger partial charge on any atom is 0.298 e. The normalized spacial score (nSPS) is 11.5. The number of hydrogen-bond acceptors (Lipinski definition) is 6. The van der Waals surface area contributed by atoms with E-state index in [1.807, 2.05) is 12.1 Å². The Balaban J connectivity index is 1.80. The van der Waals surface area contributed by atoms with Crippen molar-refractivity contribution in [3.63, 3.8) is 0 Å². The molecule has 2 aromatic carbocycles. The van der Waals surface area contributed by atoms with Gasteiger partial charge in [0.25, 0.3) is 5.56 Å². The summed E-state index contributed by atoms with van der Waals surface area (Å²) in [6.45, 7) is 0. The number of nitrogens with one attached hydrogen (secondary N) is 1. The van der Waals surface area contributed by atoms with Crippen LogP contribution in [0.2, 0.25) is 0 Å². The first kappa shape index (κ1) is 16.6. The van der Waals surface area contributed by atoms with Gasteiger partial charge in [-0.2, -0.15) is 9.78 Å². The van der Waals surface area contributed by atoms with Crippen LogP contribution in [0.15, 0.2) is 52.6 Å². The maximum absolute atomic E-state index is 12.7. The Morgan fingerprint density at radius 1 is 1.22 bits per heavy atom. The van der Waals surface area contributed by atoms with Gasteiger partial charge in [-0.3, -0.25) is 4.79 Å². The molecule has 27 heavy (non-hydrogen) atoms. The van der Waals surface area contributed by atoms with Gasteiger partial charge < -0.3 is 19.6 Å². The third-order valence-corrected chi connectivity index (χ3v) is 4.27. The highest BCUT2D eigenvalue weighted by atomic mass is 16.5. The largest absolute Gasteiger partial charge is 0.504 e. The molecule has 0 bridgehead atoms. The first-order valence-corrected chi connectivity index (χ1v) is 8.10. The van der Waals surface area contributed by atoms with Crippen LogP contribution < -0.4 is 15.0 Å². The number of para-hydroxylation sites is 1. The van der Waals surface area contributed by atoms with Gasteiger partial charge in [-0.05, 0) is 30.3 Å². The van der Waals surface area contributed by atoms with Gasteiger partial charge in [0.2, 0.25) is 0 Å². The molecule has 8 nitrogen and oxygen atoms in total. The van der Waals surface area contributed by atoms with Crippen LogP contribution in [0, 0.1) is 0 Å². The van der Waals surface area contributed by atoms with Crippen molar-refractivity contribution >= 4 is 28.2 Å². The van der Waals surface area contributed by atoms with Crippen LogP contribution in [0.3, 0.4) is 0 Å². The van der Waals surface area contributed by atoms with Gasteiger partial charge in [0.1, 0.15) is 23.1 Å². The molecule has 4 rings (SSSR count). The molecule has 8 heteroatoms. The highest BCUT2D eigenvalue weighted by Crippen LogP contribution is 2.28. The van der Waals surface area contributed by atoms with Gasteiger partial charge in [0.15, 0.2) is 11.5 Å². The summed E-state index contributed by atoms with van der Waals surface area (Å²) in [5.41, 5.74) is 1.73. The molecule has 136 valence electrons. The van der Waals surface area contributed by atoms with Gasteiger partial charge in [0.05, 0.1) is 20.4 Å². The fourth-order valence-electron chi connectivity index (χ4n) is 2.87. The number of aromatic nitrogens is 3. The lowest BCUT2D eigenvalue weighted by Crippen LogP contribution is -2.17. The molecule has 2 heterocycles. The molecular weight excluding hydrogens is 348 g/mol. The summed E-state index contributed by atoms with van der Waals surface area (Å²) >= 11 is 0. The van der Waals surface area contributed by atoms with E-state index in [4.69, 9.17) is 9.47 Å². The second kappa shape index (κ2) is 6.49. The van der Waals surface area contributed by atoms with E-state index in [9.17, 15) is 9.90 Å². The molecule has 0 fully saturated rings. The Morgan fingerprint density at radius 3 is 2.85 bits per heavy atom. The molecule has 0 amide bonds. The zero-order valence-electron chi connectivity index (χ0n) is 14.6. The SMILES string of the molecule is COc1ccc2[nH]c3c(=O)n(N=Cc4cccc(OC)c4O)cnc3c2c1. The van der Waals surface area contributed by atoms with Gasteiger partial charge in [-0.1, -0.05) is 6.07 Å². The molecular formula is C19H16N4O4. The Labute approximate surface area is 153 Å². The van der Waals surface area contributed by atoms with E-state index in [0.717, 1.165) is 15.6 Å². The van der Waals surface area contributed by atoms with E-state index in [1.165, 1.54) is 19.7 Å². The molecule has 0 aliphatic rings. The van der Waals surface area contributed by atoms with Crippen LogP contribution in [0.5, 0.6) is 17.2 Å². The van der Waals surface area contributed by atoms with Crippen LogP contribution in [0.25, 0.3) is 21.9 Å². The molecule has 4 aromatic rings. The molecule has 0 atom stereocenters. The zero-order valence-corrected chi connectivity index (χ0v) is 14.6. The molecule has 2 aromatic heterocycles. The predicted molar refractivity (Wildman–Crippen MR) is 102 cm³/mol. The molecule has 0 spiro atoms. The average molecular weight is 364 g/mol. The minimum absolute atomic E-state index is 0.0523. The minimum atomic E-state index is -0.353. The molecule has 0 aliphatic heterocycles. The van der Waals surface area contributed by atoms with Gasteiger partial charge in [-0.15, -0.1) is 0 Å². The molecule has 0 unspecified atom stereocenters. The number of aromatic hydroxyl groups is 1. The number of phenols is 1. The summed E-state index contributed by atoms with van der Waals surface area (Å²) in [6, 6.07) is 10.5. The van der Waals surface area contributed by atoms with Gasteiger partial charge >= 0.3 is 0 Å². The standard InChI is InChI=1S/C19H16N4O4/c1-26-12-6-7-14-13(8-12)16-17(22-14)19(25)23(10-20-16)21-9-11-4-3-5-15(27-2)18(11)24/h3-10,22,24H,1-2H3. The van der Waals surface area contributed by atoms with Crippen molar-refractivity contribution in [1.29, 1.82) is 0 Å². The molecule has 0 saturated heterocycles. The number of methoxy groups -OCH3 is 2. The Kier molecular flexibility index (Phi) is 4.00. The number of rotatable bonds is 4. The molecule has 2 N–H and O–H groups in total. The summed E-state index contributed by atoms with van der Waals surface area (Å²) in [4.78, 5) is 20.2. The highest BCUT2D eigenvalue weighted by Gasteiger charge is 2.12. The van der Waals surface area contributed by atoms with Crippen molar-refractivity contribution in [1.82, 2.24) is 14.6 Å². The fraction of sp³-hybridized carbons (Fsp3) is 0.105. The summed E-state index contributed by atoms with van der Waals surface area (Å²) < 4.78 is 11.4. The van der Waals surface area contributed by atoms with Crippen LogP contribution >= 0.6 is 0 Å². The number of benzene rings is 2. The lowest BCUT2D eigenvalue weighted by molar-refractivity contribution is 0.373. The number of fused-ring (bicyclic) bond motifs is 3. The average Bonchev–Trinajstić information content (AvgIpc) is 3.07. The quantitative estimate of drug-likeness (QED) is 0.542. The number of ether oxygens (including phenoxy) is 2. The van der Waals surface area contributed by atoms with E-state index in [2.05, 4.69) is 15.1 Å². The van der Waals surface area contributed by atoms with E-state index in [0.29, 0.717) is 28.1 Å². The summed E-state index contributed by atoms with van der Waals surface area (Å²) in [6.07, 6.45) is 2.71. The van der Waals surface area contributed by atoms with Crippen molar-refractivity contribution in [2.45, 2.75) is 0 Å². The lowest BCUT2D eigenvalue weighted by Gasteiger charge is -2.05. The number of hydrogen-bond donors (Lipinski definition) is 2. The van der Waals surface area contributed by atoms with Crippen LogP contribution in [-0.2, 0) is 0 Å². The highest BCUT2D eigenvalue weighted by molar-refractivity contribution is 6.04. The van der Waals surface area contributed by atoms with Crippen LogP contribution in [-0.4, -0.2) is 40.2 Å². The first-order chi connectivity index (χ1) is 13.1. The van der Waals surface area contributed by atoms with Gasteiger partial charge in [-0.25, -0.2) is 4.98 Å². The maximum atomic E-state index is 12.7. The van der Waals surface area contributed by atoms with Crippen molar-refractivity contribution in [3.8, 4) is 17.2 Å². The number of H-pyrrole nitrogens is 1. The number of phenolic OH excluding ortho intramolecular Hbond substituents is 1. The smallest absolute Gasteiger partial charge is 0.298 e. The van der Waals surface area contributed by atoms with Crippen LogP contribution in [0.4, 0.5) is 0 Å². The predicted octanol–water partition coefficient (Wildman–Crippen LogP) is 2.48. The Morgan fingerprint density at radius 2 is 2.07 bits per heavy atom. The monoisotopic (exact) mass is 364 g/mol. The van der Waals surface area contributed by atoms with Crippen molar-refractivity contribution in [2.75, 3.05) is 14.2 Å². The van der Waals surface area contributed by atoms with E-state index >= 15 is 0 Å². The Hall–Kier alpha value is -3.81. The third kappa shape index (κ3) is 2.77. The summed E-state index contributed by atoms with van der Waals surface area (Å²) in [5, 5.41) is 15.0. The molecule has 0 saturated carbocycles. The first-order valence-electron chi connectivity index (χ1n) is 8.10. The topological polar surface area (TPSA) is 102 Å². The second-order valence-corrected chi connectivity index (χ2v) is 5.80. The minimum Gasteiger partial charge on any atom is -0.504 e. The second-order valence-electron chi connectivity index (χ2n) is 5.80. The Bertz CT molecular complexity index is 1240.